The van der Waals surface area contributed by atoms with E-state index in [1.807, 2.05) is 30.3 Å². The van der Waals surface area contributed by atoms with E-state index in [1.165, 1.54) is 60.9 Å². The van der Waals surface area contributed by atoms with Crippen LogP contribution < -0.4 is 4.90 Å². The number of aldehydes is 1. The van der Waals surface area contributed by atoms with Gasteiger partial charge in [0.2, 0.25) is 0 Å². The third kappa shape index (κ3) is 6.77. The first-order chi connectivity index (χ1) is 16.2. The Morgan fingerprint density at radius 2 is 1.55 bits per heavy atom. The summed E-state index contributed by atoms with van der Waals surface area (Å²) in [5, 5.41) is 0. The van der Waals surface area contributed by atoms with Crippen LogP contribution in [0.2, 0.25) is 0 Å². The minimum absolute atomic E-state index is 0.500. The number of alkyl halides is 1. The van der Waals surface area contributed by atoms with E-state index in [-0.39, 0.29) is 0 Å². The summed E-state index contributed by atoms with van der Waals surface area (Å²) in [7, 11) is 2.68. The molecule has 0 N–H and O–H groups in total. The number of hydrogen-bond acceptors (Lipinski definition) is 2. The van der Waals surface area contributed by atoms with Crippen LogP contribution in [-0.2, 0) is 17.6 Å². The van der Waals surface area contributed by atoms with E-state index in [1.54, 1.807) is 5.56 Å². The molecule has 0 spiro atoms. The topological polar surface area (TPSA) is 20.3 Å². The molecule has 5 rings (SSSR count). The molecule has 1 aliphatic carbocycles. The lowest BCUT2D eigenvalue weighted by molar-refractivity contribution is -0.107. The van der Waals surface area contributed by atoms with E-state index < -0.39 is 0 Å². The van der Waals surface area contributed by atoms with Gasteiger partial charge in [-0.2, -0.15) is 0 Å². The zero-order valence-corrected chi connectivity index (χ0v) is 20.0. The Morgan fingerprint density at radius 1 is 0.879 bits per heavy atom. The lowest BCUT2D eigenvalue weighted by atomic mass is 9.83. The molecule has 3 aromatic rings. The summed E-state index contributed by atoms with van der Waals surface area (Å²) in [6, 6.07) is 26.0. The normalized spacial score (nSPS) is 14.9. The van der Waals surface area contributed by atoms with Gasteiger partial charge >= 0.3 is 0 Å². The van der Waals surface area contributed by atoms with Crippen molar-refractivity contribution in [2.75, 3.05) is 25.7 Å². The molecule has 1 aliphatic heterocycles. The van der Waals surface area contributed by atoms with E-state index in [2.05, 4.69) is 54.4 Å². The fourth-order valence-electron chi connectivity index (χ4n) is 4.84. The van der Waals surface area contributed by atoms with Crippen molar-refractivity contribution in [3.63, 3.8) is 0 Å². The summed E-state index contributed by atoms with van der Waals surface area (Å²) in [6.07, 6.45) is 9.62. The second kappa shape index (κ2) is 12.9. The molecule has 3 heteroatoms. The lowest BCUT2D eigenvalue weighted by Gasteiger charge is -2.22. The largest absolute Gasteiger partial charge is 0.374 e. The van der Waals surface area contributed by atoms with Crippen molar-refractivity contribution >= 4 is 12.0 Å². The highest BCUT2D eigenvalue weighted by atomic mass is 19.1. The maximum Gasteiger partial charge on any atom is 0.124 e. The molecule has 0 amide bonds. The maximum atomic E-state index is 9.97. The summed E-state index contributed by atoms with van der Waals surface area (Å²) in [5.41, 5.74) is 8.25. The van der Waals surface area contributed by atoms with Gasteiger partial charge in [0.15, 0.2) is 0 Å². The second-order valence-corrected chi connectivity index (χ2v) is 8.83. The molecule has 0 atom stereocenters. The predicted octanol–water partition coefficient (Wildman–Crippen LogP) is 7.41. The fraction of sp³-hybridized carbons (Fsp3) is 0.367. The summed E-state index contributed by atoms with van der Waals surface area (Å²) in [5.74, 6) is 0.802. The Kier molecular flexibility index (Phi) is 9.68. The van der Waals surface area contributed by atoms with Gasteiger partial charge < -0.3 is 9.69 Å². The number of rotatable bonds is 4. The van der Waals surface area contributed by atoms with Crippen molar-refractivity contribution in [2.24, 2.45) is 0 Å². The monoisotopic (exact) mass is 445 g/mol. The molecule has 33 heavy (non-hydrogen) atoms. The van der Waals surface area contributed by atoms with Crippen LogP contribution in [0.4, 0.5) is 10.1 Å². The van der Waals surface area contributed by atoms with Gasteiger partial charge in [-0.1, -0.05) is 79.9 Å². The number of hydrogen-bond donors (Lipinski definition) is 0. The molecule has 2 nitrogen and oxygen atoms in total. The van der Waals surface area contributed by atoms with Crippen molar-refractivity contribution in [3.05, 3.63) is 89.5 Å². The van der Waals surface area contributed by atoms with E-state index in [4.69, 9.17) is 0 Å². The Morgan fingerprint density at radius 3 is 2.21 bits per heavy atom. The molecule has 1 heterocycles. The number of anilines is 1. The molecule has 2 aliphatic rings. The van der Waals surface area contributed by atoms with Crippen LogP contribution >= 0.6 is 0 Å². The predicted molar refractivity (Wildman–Crippen MR) is 138 cm³/mol. The van der Waals surface area contributed by atoms with E-state index in [0.717, 1.165) is 24.3 Å². The number of benzene rings is 3. The van der Waals surface area contributed by atoms with Gasteiger partial charge in [-0.3, -0.25) is 4.39 Å². The Balaban J connectivity index is 0.000000234. The van der Waals surface area contributed by atoms with E-state index >= 15 is 0 Å². The Labute approximate surface area is 198 Å². The van der Waals surface area contributed by atoms with Gasteiger partial charge in [-0.05, 0) is 65.1 Å². The summed E-state index contributed by atoms with van der Waals surface area (Å²) >= 11 is 0. The van der Waals surface area contributed by atoms with Gasteiger partial charge in [-0.25, -0.2) is 0 Å². The van der Waals surface area contributed by atoms with Crippen LogP contribution in [0.5, 0.6) is 0 Å². The molecule has 3 aromatic carbocycles. The van der Waals surface area contributed by atoms with Crippen LogP contribution in [0.15, 0.2) is 72.8 Å². The Bertz CT molecular complexity index is 978. The van der Waals surface area contributed by atoms with Crippen LogP contribution in [-0.4, -0.2) is 27.1 Å². The molecule has 174 valence electrons. The average Bonchev–Trinajstić information content (AvgIpc) is 3.27. The van der Waals surface area contributed by atoms with Crippen LogP contribution in [0.25, 0.3) is 11.1 Å². The highest BCUT2D eigenvalue weighted by molar-refractivity contribution is 5.70. The average molecular weight is 446 g/mol. The summed E-state index contributed by atoms with van der Waals surface area (Å²) < 4.78 is 9.50. The summed E-state index contributed by atoms with van der Waals surface area (Å²) in [6.45, 7) is 1.15. The number of carbonyl (C=O) groups excluding carboxylic acids is 1. The molecule has 1 saturated carbocycles. The van der Waals surface area contributed by atoms with E-state index in [0.29, 0.717) is 13.6 Å². The van der Waals surface area contributed by atoms with Gasteiger partial charge in [0.1, 0.15) is 6.29 Å². The molecule has 0 saturated heterocycles. The minimum atomic E-state index is 0.500. The van der Waals surface area contributed by atoms with Crippen molar-refractivity contribution in [1.29, 1.82) is 0 Å². The number of halogens is 1. The quantitative estimate of drug-likeness (QED) is 0.390. The highest BCUT2D eigenvalue weighted by Gasteiger charge is 2.17. The zero-order chi connectivity index (χ0) is 23.5. The van der Waals surface area contributed by atoms with Gasteiger partial charge in [0.25, 0.3) is 0 Å². The minimum Gasteiger partial charge on any atom is -0.374 e. The van der Waals surface area contributed by atoms with Crippen molar-refractivity contribution in [3.8, 4) is 11.1 Å². The number of likely N-dealkylation sites (N-methyl/N-ethyl adjacent to an activating group) is 1. The molecular weight excluding hydrogens is 409 g/mol. The molecule has 0 aromatic heterocycles. The summed E-state index contributed by atoms with van der Waals surface area (Å²) in [4.78, 5) is 12.3. The van der Waals surface area contributed by atoms with Gasteiger partial charge in [-0.15, -0.1) is 0 Å². The second-order valence-electron chi connectivity index (χ2n) is 8.83. The third-order valence-electron chi connectivity index (χ3n) is 6.69. The standard InChI is InChI=1S/C21H25N.C8H8O.CH3F/c1-22-14-13-20-15-19(11-12-21(20)22)18-9-7-17(8-10-18)16-5-3-2-4-6-16;9-7-6-8-4-2-1-3-5-8;1-2/h7-12,15-16H,2-6,13-14H2,1H3;1-5,7H,6H2;1H3. The molecule has 0 unspecified atom stereocenters. The fourth-order valence-corrected chi connectivity index (χ4v) is 4.84. The third-order valence-corrected chi connectivity index (χ3v) is 6.69. The van der Waals surface area contributed by atoms with Crippen molar-refractivity contribution in [2.45, 2.75) is 50.9 Å². The Hall–Kier alpha value is -2.94. The zero-order valence-electron chi connectivity index (χ0n) is 20.0. The first-order valence-electron chi connectivity index (χ1n) is 12.0. The molecular formula is C30H36FNO. The van der Waals surface area contributed by atoms with Crippen LogP contribution in [0.1, 0.15) is 54.7 Å². The lowest BCUT2D eigenvalue weighted by Crippen LogP contribution is -2.12. The molecule has 1 fully saturated rings. The maximum absolute atomic E-state index is 9.97. The van der Waals surface area contributed by atoms with Crippen LogP contribution in [0, 0.1) is 0 Å². The van der Waals surface area contributed by atoms with Gasteiger partial charge in [0.05, 0.1) is 7.18 Å². The van der Waals surface area contributed by atoms with Gasteiger partial charge in [0, 0.05) is 25.7 Å². The van der Waals surface area contributed by atoms with Crippen molar-refractivity contribution < 1.29 is 9.18 Å². The van der Waals surface area contributed by atoms with Crippen molar-refractivity contribution in [1.82, 2.24) is 0 Å². The SMILES string of the molecule is CF.CN1CCc2cc(-c3ccc(C4CCCCC4)cc3)ccc21.O=CCc1ccccc1. The molecule has 0 bridgehead atoms. The first-order valence-corrected chi connectivity index (χ1v) is 12.0. The van der Waals surface area contributed by atoms with Crippen LogP contribution in [0.3, 0.4) is 0 Å². The highest BCUT2D eigenvalue weighted by Crippen LogP contribution is 2.35. The number of fused-ring (bicyclic) bond motifs is 1. The first kappa shape index (κ1) is 24.7. The number of carbonyl (C=O) groups is 1. The smallest absolute Gasteiger partial charge is 0.124 e. The van der Waals surface area contributed by atoms with E-state index in [9.17, 15) is 9.18 Å². The number of nitrogens with zero attached hydrogens (tertiary/aromatic N) is 1. The molecule has 0 radical (unpaired) electrons.